The number of nitrogens with zero attached hydrogens (tertiary/aromatic N) is 2. The SMILES string of the molecule is COc1ccc2sc(=NC(=O)CCCSCc3ccccc3)n(CCSC)c2c1. The summed E-state index contributed by atoms with van der Waals surface area (Å²) in [6.45, 7) is 0.827. The fraction of sp³-hybridized carbons (Fsp3) is 0.364. The summed E-state index contributed by atoms with van der Waals surface area (Å²) < 4.78 is 8.63. The summed E-state index contributed by atoms with van der Waals surface area (Å²) in [4.78, 5) is 17.7. The van der Waals surface area contributed by atoms with E-state index in [0.717, 1.165) is 51.0 Å². The van der Waals surface area contributed by atoms with E-state index in [-0.39, 0.29) is 5.91 Å². The maximum Gasteiger partial charge on any atom is 0.248 e. The lowest BCUT2D eigenvalue weighted by Gasteiger charge is -2.05. The molecule has 3 rings (SSSR count). The van der Waals surface area contributed by atoms with Crippen LogP contribution < -0.4 is 9.54 Å². The number of rotatable bonds is 10. The lowest BCUT2D eigenvalue weighted by molar-refractivity contribution is -0.118. The average molecular weight is 447 g/mol. The van der Waals surface area contributed by atoms with Gasteiger partial charge in [0.2, 0.25) is 5.91 Å². The monoisotopic (exact) mass is 446 g/mol. The van der Waals surface area contributed by atoms with Crippen molar-refractivity contribution in [1.29, 1.82) is 0 Å². The normalized spacial score (nSPS) is 11.9. The number of aromatic nitrogens is 1. The van der Waals surface area contributed by atoms with Crippen molar-refractivity contribution in [3.05, 3.63) is 58.9 Å². The van der Waals surface area contributed by atoms with E-state index in [0.29, 0.717) is 6.42 Å². The van der Waals surface area contributed by atoms with E-state index in [1.54, 1.807) is 30.2 Å². The van der Waals surface area contributed by atoms with Crippen LogP contribution in [0.1, 0.15) is 18.4 Å². The fourth-order valence-corrected chi connectivity index (χ4v) is 5.25. The topological polar surface area (TPSA) is 43.6 Å². The van der Waals surface area contributed by atoms with E-state index in [9.17, 15) is 4.79 Å². The van der Waals surface area contributed by atoms with Crippen LogP contribution in [-0.2, 0) is 17.1 Å². The second-order valence-corrected chi connectivity index (χ2v) is 9.61. The highest BCUT2D eigenvalue weighted by Gasteiger charge is 2.09. The van der Waals surface area contributed by atoms with Crippen molar-refractivity contribution in [3.63, 3.8) is 0 Å². The Morgan fingerprint density at radius 3 is 2.76 bits per heavy atom. The number of thiazole rings is 1. The van der Waals surface area contributed by atoms with Crippen LogP contribution in [0.3, 0.4) is 0 Å². The van der Waals surface area contributed by atoms with Gasteiger partial charge in [-0.25, -0.2) is 0 Å². The lowest BCUT2D eigenvalue weighted by atomic mass is 10.2. The third kappa shape index (κ3) is 6.39. The summed E-state index contributed by atoms with van der Waals surface area (Å²) in [6.07, 6.45) is 3.43. The minimum atomic E-state index is -0.0401. The second-order valence-electron chi connectivity index (χ2n) is 6.51. The van der Waals surface area contributed by atoms with E-state index < -0.39 is 0 Å². The van der Waals surface area contributed by atoms with Crippen LogP contribution >= 0.6 is 34.9 Å². The fourth-order valence-electron chi connectivity index (χ4n) is 2.91. The van der Waals surface area contributed by atoms with Gasteiger partial charge in [0.1, 0.15) is 5.75 Å². The molecule has 7 heteroatoms. The Hall–Kier alpha value is -1.70. The summed E-state index contributed by atoms with van der Waals surface area (Å²) in [5.74, 6) is 3.70. The quantitative estimate of drug-likeness (QED) is 0.401. The van der Waals surface area contributed by atoms with Crippen molar-refractivity contribution in [1.82, 2.24) is 4.57 Å². The maximum atomic E-state index is 12.5. The second kappa shape index (κ2) is 11.5. The van der Waals surface area contributed by atoms with Gasteiger partial charge in [0.25, 0.3) is 0 Å². The van der Waals surface area contributed by atoms with Gasteiger partial charge in [-0.2, -0.15) is 28.5 Å². The number of aryl methyl sites for hydroxylation is 1. The molecule has 0 bridgehead atoms. The van der Waals surface area contributed by atoms with Crippen molar-refractivity contribution in [3.8, 4) is 5.75 Å². The number of hydrogen-bond donors (Lipinski definition) is 0. The Balaban J connectivity index is 1.64. The van der Waals surface area contributed by atoms with Crippen molar-refractivity contribution in [2.24, 2.45) is 4.99 Å². The molecular formula is C22H26N2O2S3. The predicted octanol–water partition coefficient (Wildman–Crippen LogP) is 5.22. The zero-order chi connectivity index (χ0) is 20.5. The van der Waals surface area contributed by atoms with Crippen molar-refractivity contribution >= 4 is 51.0 Å². The molecule has 0 saturated carbocycles. The molecule has 0 aliphatic rings. The highest BCUT2D eigenvalue weighted by atomic mass is 32.2. The summed E-state index contributed by atoms with van der Waals surface area (Å²) in [5, 5.41) is 0. The Morgan fingerprint density at radius 2 is 2.00 bits per heavy atom. The Kier molecular flexibility index (Phi) is 8.70. The Bertz CT molecular complexity index is 996. The maximum absolute atomic E-state index is 12.5. The molecule has 0 aliphatic carbocycles. The first-order valence-electron chi connectivity index (χ1n) is 9.57. The minimum absolute atomic E-state index is 0.0401. The molecule has 0 unspecified atom stereocenters. The number of ether oxygens (including phenoxy) is 1. The Labute approximate surface area is 184 Å². The van der Waals surface area contributed by atoms with Crippen LogP contribution in [0.4, 0.5) is 0 Å². The van der Waals surface area contributed by atoms with E-state index in [4.69, 9.17) is 4.74 Å². The van der Waals surface area contributed by atoms with Crippen LogP contribution in [0.15, 0.2) is 53.5 Å². The molecule has 0 atom stereocenters. The number of carbonyl (C=O) groups is 1. The standard InChI is InChI=1S/C22H26N2O2S3/c1-26-18-10-11-20-19(15-18)24(12-14-27-2)22(29-20)23-21(25)9-6-13-28-16-17-7-4-3-5-8-17/h3-5,7-8,10-11,15H,6,9,12-14,16H2,1-2H3. The molecular weight excluding hydrogens is 420 g/mol. The van der Waals surface area contributed by atoms with Crippen LogP contribution in [0, 0.1) is 0 Å². The van der Waals surface area contributed by atoms with Gasteiger partial charge in [-0.3, -0.25) is 4.79 Å². The number of fused-ring (bicyclic) bond motifs is 1. The molecule has 0 aliphatic heterocycles. The Morgan fingerprint density at radius 1 is 1.17 bits per heavy atom. The summed E-state index contributed by atoms with van der Waals surface area (Å²) >= 11 is 5.22. The molecule has 0 spiro atoms. The average Bonchev–Trinajstić information content (AvgIpc) is 3.08. The van der Waals surface area contributed by atoms with E-state index >= 15 is 0 Å². The molecule has 3 aromatic rings. The molecule has 2 aromatic carbocycles. The molecule has 1 amide bonds. The third-order valence-corrected chi connectivity index (χ3v) is 7.18. The molecule has 0 saturated heterocycles. The van der Waals surface area contributed by atoms with Crippen molar-refractivity contribution in [2.75, 3.05) is 24.9 Å². The summed E-state index contributed by atoms with van der Waals surface area (Å²) in [5.41, 5.74) is 2.40. The van der Waals surface area contributed by atoms with Crippen molar-refractivity contribution < 1.29 is 9.53 Å². The minimum Gasteiger partial charge on any atom is -0.497 e. The zero-order valence-electron chi connectivity index (χ0n) is 16.8. The van der Waals surface area contributed by atoms with Gasteiger partial charge in [0, 0.05) is 30.5 Å². The van der Waals surface area contributed by atoms with E-state index in [1.807, 2.05) is 36.0 Å². The molecule has 0 N–H and O–H groups in total. The molecule has 4 nitrogen and oxygen atoms in total. The number of carbonyl (C=O) groups excluding carboxylic acids is 1. The van der Waals surface area contributed by atoms with Gasteiger partial charge in [-0.1, -0.05) is 41.7 Å². The van der Waals surface area contributed by atoms with Gasteiger partial charge < -0.3 is 9.30 Å². The van der Waals surface area contributed by atoms with Gasteiger partial charge in [-0.15, -0.1) is 0 Å². The van der Waals surface area contributed by atoms with E-state index in [1.165, 1.54) is 5.56 Å². The largest absolute Gasteiger partial charge is 0.497 e. The number of thioether (sulfide) groups is 2. The van der Waals surface area contributed by atoms with Crippen molar-refractivity contribution in [2.45, 2.75) is 25.1 Å². The van der Waals surface area contributed by atoms with Crippen LogP contribution in [0.25, 0.3) is 10.2 Å². The lowest BCUT2D eigenvalue weighted by Crippen LogP contribution is -2.18. The van der Waals surface area contributed by atoms with Crippen LogP contribution in [0.2, 0.25) is 0 Å². The van der Waals surface area contributed by atoms with Gasteiger partial charge >= 0.3 is 0 Å². The highest BCUT2D eigenvalue weighted by molar-refractivity contribution is 7.98. The first kappa shape index (κ1) is 22.0. The first-order chi connectivity index (χ1) is 14.2. The molecule has 29 heavy (non-hydrogen) atoms. The van der Waals surface area contributed by atoms with Gasteiger partial charge in [-0.05, 0) is 36.1 Å². The molecule has 0 fully saturated rings. The summed E-state index contributed by atoms with van der Waals surface area (Å²) in [6, 6.07) is 16.4. The molecule has 154 valence electrons. The van der Waals surface area contributed by atoms with E-state index in [2.05, 4.69) is 40.1 Å². The third-order valence-electron chi connectivity index (χ3n) is 4.42. The van der Waals surface area contributed by atoms with Gasteiger partial charge in [0.15, 0.2) is 4.80 Å². The van der Waals surface area contributed by atoms with Gasteiger partial charge in [0.05, 0.1) is 17.3 Å². The zero-order valence-corrected chi connectivity index (χ0v) is 19.2. The number of amides is 1. The van der Waals surface area contributed by atoms with Crippen LogP contribution in [0.5, 0.6) is 5.75 Å². The number of methoxy groups -OCH3 is 1. The molecule has 1 heterocycles. The number of hydrogen-bond acceptors (Lipinski definition) is 5. The number of benzene rings is 2. The molecule has 0 radical (unpaired) electrons. The molecule has 1 aromatic heterocycles. The highest BCUT2D eigenvalue weighted by Crippen LogP contribution is 2.23. The summed E-state index contributed by atoms with van der Waals surface area (Å²) in [7, 11) is 1.67. The van der Waals surface area contributed by atoms with Crippen LogP contribution in [-0.4, -0.2) is 35.3 Å². The predicted molar refractivity (Wildman–Crippen MR) is 127 cm³/mol. The smallest absolute Gasteiger partial charge is 0.248 e. The first-order valence-corrected chi connectivity index (χ1v) is 12.9.